The molecule has 0 atom stereocenters. The van der Waals surface area contributed by atoms with Gasteiger partial charge in [-0.05, 0) is 105 Å². The molecule has 0 unspecified atom stereocenters. The van der Waals surface area contributed by atoms with E-state index in [2.05, 4.69) is 193 Å². The molecule has 8 aromatic carbocycles. The monoisotopic (exact) mass is 637 g/mol. The fourth-order valence-electron chi connectivity index (χ4n) is 7.53. The smallest absolute Gasteiger partial charge is 0.135 e. The van der Waals surface area contributed by atoms with Gasteiger partial charge < -0.3 is 8.98 Å². The van der Waals surface area contributed by atoms with E-state index in [1.807, 2.05) is 0 Å². The Hall–Kier alpha value is -6.64. The van der Waals surface area contributed by atoms with Crippen LogP contribution in [-0.4, -0.2) is 4.57 Å². The fraction of sp³-hybridized carbons (Fsp3) is 0. The molecule has 0 saturated carbocycles. The summed E-state index contributed by atoms with van der Waals surface area (Å²) in [5, 5.41) is 4.74. The Bertz CT molecular complexity index is 2860. The van der Waals surface area contributed by atoms with E-state index in [1.165, 1.54) is 66.3 Å². The van der Waals surface area contributed by atoms with E-state index in [0.717, 1.165) is 27.6 Å². The highest BCUT2D eigenvalue weighted by Gasteiger charge is 2.15. The van der Waals surface area contributed by atoms with Crippen molar-refractivity contribution in [2.45, 2.75) is 0 Å². The maximum absolute atomic E-state index is 6.28. The van der Waals surface area contributed by atoms with Crippen molar-refractivity contribution in [3.8, 4) is 50.2 Å². The summed E-state index contributed by atoms with van der Waals surface area (Å²) < 4.78 is 8.68. The summed E-state index contributed by atoms with van der Waals surface area (Å²) in [6.45, 7) is 0. The van der Waals surface area contributed by atoms with E-state index in [9.17, 15) is 0 Å². The summed E-state index contributed by atoms with van der Waals surface area (Å²) in [6.07, 6.45) is 0. The molecule has 0 radical (unpaired) electrons. The van der Waals surface area contributed by atoms with Crippen molar-refractivity contribution < 1.29 is 4.42 Å². The van der Waals surface area contributed by atoms with Crippen molar-refractivity contribution in [1.29, 1.82) is 0 Å². The molecule has 0 N–H and O–H groups in total. The van der Waals surface area contributed by atoms with Crippen molar-refractivity contribution in [3.05, 3.63) is 188 Å². The van der Waals surface area contributed by atoms with Gasteiger partial charge in [-0.25, -0.2) is 0 Å². The maximum Gasteiger partial charge on any atom is 0.135 e. The van der Waals surface area contributed by atoms with Gasteiger partial charge in [0.25, 0.3) is 0 Å². The third-order valence-electron chi connectivity index (χ3n) is 9.99. The summed E-state index contributed by atoms with van der Waals surface area (Å²) in [4.78, 5) is 0. The number of para-hydroxylation sites is 1. The van der Waals surface area contributed by atoms with E-state index in [1.54, 1.807) is 0 Å². The average Bonchev–Trinajstić information content (AvgIpc) is 3.73. The molecule has 0 aliphatic carbocycles. The predicted molar refractivity (Wildman–Crippen MR) is 210 cm³/mol. The van der Waals surface area contributed by atoms with Crippen LogP contribution in [0.1, 0.15) is 0 Å². The van der Waals surface area contributed by atoms with Crippen LogP contribution in [0.4, 0.5) is 0 Å². The number of furan rings is 1. The Kier molecular flexibility index (Phi) is 6.53. The first kappa shape index (κ1) is 28.4. The SMILES string of the molecule is c1ccc(-c2cccc(-c3cccc(-n4c5ccccc5c5cc(-c6ccc7oc8ccc(-c9ccccc9)cc8c7c6)ccc54)c3)c2)cc1. The number of aromatic nitrogens is 1. The molecule has 2 heterocycles. The van der Waals surface area contributed by atoms with Gasteiger partial charge in [0.05, 0.1) is 11.0 Å². The Balaban J connectivity index is 1.08. The van der Waals surface area contributed by atoms with Crippen LogP contribution >= 0.6 is 0 Å². The normalized spacial score (nSPS) is 11.6. The van der Waals surface area contributed by atoms with Gasteiger partial charge in [0.15, 0.2) is 0 Å². The van der Waals surface area contributed by atoms with Crippen molar-refractivity contribution in [2.24, 2.45) is 0 Å². The number of fused-ring (bicyclic) bond motifs is 6. The topological polar surface area (TPSA) is 18.1 Å². The zero-order valence-corrected chi connectivity index (χ0v) is 27.3. The molecule has 0 aliphatic rings. The lowest BCUT2D eigenvalue weighted by Gasteiger charge is -2.11. The van der Waals surface area contributed by atoms with Crippen LogP contribution in [0.5, 0.6) is 0 Å². The van der Waals surface area contributed by atoms with E-state index in [0.29, 0.717) is 0 Å². The zero-order chi connectivity index (χ0) is 33.0. The fourth-order valence-corrected chi connectivity index (χ4v) is 7.53. The largest absolute Gasteiger partial charge is 0.456 e. The number of benzene rings is 8. The molecular weight excluding hydrogens is 607 g/mol. The summed E-state index contributed by atoms with van der Waals surface area (Å²) >= 11 is 0. The van der Waals surface area contributed by atoms with E-state index < -0.39 is 0 Å². The molecule has 0 fully saturated rings. The minimum absolute atomic E-state index is 0.904. The van der Waals surface area contributed by atoms with Crippen molar-refractivity contribution in [1.82, 2.24) is 4.57 Å². The molecule has 0 spiro atoms. The highest BCUT2D eigenvalue weighted by Crippen LogP contribution is 2.39. The molecule has 10 aromatic rings. The molecule has 234 valence electrons. The van der Waals surface area contributed by atoms with Crippen LogP contribution in [0.15, 0.2) is 192 Å². The summed E-state index contributed by atoms with van der Waals surface area (Å²) in [7, 11) is 0. The van der Waals surface area contributed by atoms with Crippen molar-refractivity contribution in [3.63, 3.8) is 0 Å². The van der Waals surface area contributed by atoms with E-state index in [-0.39, 0.29) is 0 Å². The third-order valence-corrected chi connectivity index (χ3v) is 9.99. The Morgan fingerprint density at radius 3 is 1.42 bits per heavy atom. The van der Waals surface area contributed by atoms with Gasteiger partial charge in [0, 0.05) is 27.2 Å². The lowest BCUT2D eigenvalue weighted by molar-refractivity contribution is 0.669. The van der Waals surface area contributed by atoms with Gasteiger partial charge in [-0.3, -0.25) is 0 Å². The Labute approximate surface area is 290 Å². The van der Waals surface area contributed by atoms with Gasteiger partial charge in [0.1, 0.15) is 11.2 Å². The second kappa shape index (κ2) is 11.5. The second-order valence-electron chi connectivity index (χ2n) is 13.0. The lowest BCUT2D eigenvalue weighted by Crippen LogP contribution is -1.94. The van der Waals surface area contributed by atoms with Crippen LogP contribution in [-0.2, 0) is 0 Å². The molecule has 0 aliphatic heterocycles. The van der Waals surface area contributed by atoms with Crippen LogP contribution in [0.3, 0.4) is 0 Å². The molecule has 0 saturated heterocycles. The van der Waals surface area contributed by atoms with Crippen LogP contribution < -0.4 is 0 Å². The van der Waals surface area contributed by atoms with Gasteiger partial charge in [-0.2, -0.15) is 0 Å². The second-order valence-corrected chi connectivity index (χ2v) is 13.0. The third kappa shape index (κ3) is 4.73. The summed E-state index contributed by atoms with van der Waals surface area (Å²) in [5.74, 6) is 0. The molecule has 0 bridgehead atoms. The molecule has 2 nitrogen and oxygen atoms in total. The highest BCUT2D eigenvalue weighted by atomic mass is 16.3. The molecule has 2 aromatic heterocycles. The first-order valence-electron chi connectivity index (χ1n) is 17.1. The first-order valence-corrected chi connectivity index (χ1v) is 17.1. The predicted octanol–water partition coefficient (Wildman–Crippen LogP) is 13.4. The zero-order valence-electron chi connectivity index (χ0n) is 27.3. The highest BCUT2D eigenvalue weighted by molar-refractivity contribution is 6.11. The summed E-state index contributed by atoms with van der Waals surface area (Å²) in [6, 6.07) is 67.5. The number of nitrogens with zero attached hydrogens (tertiary/aromatic N) is 1. The standard InChI is InChI=1S/C48H31NO/c1-3-11-32(12-4-1)34-15-9-16-35(27-34)36-17-10-18-40(28-36)49-45-20-8-7-19-41(45)42-29-38(21-24-46(42)49)39-23-26-48-44(31-39)43-30-37(22-25-47(43)50-48)33-13-5-2-6-14-33/h1-31H. The quantitative estimate of drug-likeness (QED) is 0.184. The molecule has 0 amide bonds. The first-order chi connectivity index (χ1) is 24.8. The molecule has 2 heteroatoms. The average molecular weight is 638 g/mol. The van der Waals surface area contributed by atoms with Gasteiger partial charge in [-0.1, -0.05) is 127 Å². The van der Waals surface area contributed by atoms with E-state index >= 15 is 0 Å². The minimum atomic E-state index is 0.904. The van der Waals surface area contributed by atoms with Gasteiger partial charge >= 0.3 is 0 Å². The van der Waals surface area contributed by atoms with E-state index in [4.69, 9.17) is 4.42 Å². The maximum atomic E-state index is 6.28. The van der Waals surface area contributed by atoms with Crippen molar-refractivity contribution in [2.75, 3.05) is 0 Å². The molecule has 10 rings (SSSR count). The number of hydrogen-bond acceptors (Lipinski definition) is 1. The van der Waals surface area contributed by atoms with Crippen LogP contribution in [0.2, 0.25) is 0 Å². The molecule has 50 heavy (non-hydrogen) atoms. The Morgan fingerprint density at radius 1 is 0.280 bits per heavy atom. The lowest BCUT2D eigenvalue weighted by atomic mass is 9.99. The number of rotatable bonds is 5. The van der Waals surface area contributed by atoms with Gasteiger partial charge in [-0.15, -0.1) is 0 Å². The number of hydrogen-bond donors (Lipinski definition) is 0. The summed E-state index contributed by atoms with van der Waals surface area (Å²) in [5.41, 5.74) is 14.9. The van der Waals surface area contributed by atoms with Crippen molar-refractivity contribution >= 4 is 43.7 Å². The van der Waals surface area contributed by atoms with Gasteiger partial charge in [0.2, 0.25) is 0 Å². The van der Waals surface area contributed by atoms with Crippen LogP contribution in [0, 0.1) is 0 Å². The minimum Gasteiger partial charge on any atom is -0.456 e. The molecular formula is C48H31NO. The Morgan fingerprint density at radius 2 is 0.740 bits per heavy atom. The van der Waals surface area contributed by atoms with Crippen LogP contribution in [0.25, 0.3) is 93.9 Å².